The van der Waals surface area contributed by atoms with E-state index < -0.39 is 43.3 Å². The van der Waals surface area contributed by atoms with Gasteiger partial charge in [-0.15, -0.1) is 0 Å². The van der Waals surface area contributed by atoms with Crippen molar-refractivity contribution in [1.82, 2.24) is 9.55 Å². The Morgan fingerprint density at radius 1 is 1.03 bits per heavy atom. The summed E-state index contributed by atoms with van der Waals surface area (Å²) in [6.45, 7) is 1.44. The maximum atomic E-state index is 14.6. The van der Waals surface area contributed by atoms with Crippen LogP contribution in [0.1, 0.15) is 16.7 Å². The SMILES string of the molecule is Cc1cc(Cc2c(F)cccc2F)c(-n2ccc(=O)[nH]c2=O)c(-c2ccc(S(C)(=O)=O)cc2)c1[N+](=O)[O-]. The smallest absolute Gasteiger partial charge is 0.274 e. The number of benzene rings is 3. The van der Waals surface area contributed by atoms with Crippen molar-refractivity contribution in [2.45, 2.75) is 18.2 Å². The van der Waals surface area contributed by atoms with Crippen LogP contribution in [0, 0.1) is 28.7 Å². The number of nitrogens with one attached hydrogen (secondary N) is 1. The lowest BCUT2D eigenvalue weighted by Gasteiger charge is -2.19. The summed E-state index contributed by atoms with van der Waals surface area (Å²) in [5, 5.41) is 12.2. The molecule has 12 heteroatoms. The second-order valence-corrected chi connectivity index (χ2v) is 10.4. The van der Waals surface area contributed by atoms with Gasteiger partial charge in [0.2, 0.25) is 0 Å². The molecule has 1 heterocycles. The summed E-state index contributed by atoms with van der Waals surface area (Å²) in [4.78, 5) is 38.1. The lowest BCUT2D eigenvalue weighted by Crippen LogP contribution is -2.28. The molecule has 37 heavy (non-hydrogen) atoms. The van der Waals surface area contributed by atoms with Crippen LogP contribution in [0.25, 0.3) is 16.8 Å². The summed E-state index contributed by atoms with van der Waals surface area (Å²) < 4.78 is 54.0. The maximum absolute atomic E-state index is 14.6. The molecule has 0 fully saturated rings. The number of sulfone groups is 1. The number of H-pyrrole nitrogens is 1. The van der Waals surface area contributed by atoms with Gasteiger partial charge in [0.15, 0.2) is 9.84 Å². The van der Waals surface area contributed by atoms with Crippen molar-refractivity contribution in [2.24, 2.45) is 0 Å². The van der Waals surface area contributed by atoms with E-state index in [2.05, 4.69) is 4.98 Å². The Labute approximate surface area is 208 Å². The Kier molecular flexibility index (Phi) is 6.61. The zero-order chi connectivity index (χ0) is 27.1. The van der Waals surface area contributed by atoms with Crippen LogP contribution in [0.4, 0.5) is 14.5 Å². The van der Waals surface area contributed by atoms with Crippen LogP contribution in [-0.2, 0) is 16.3 Å². The van der Waals surface area contributed by atoms with Crippen molar-refractivity contribution in [3.63, 3.8) is 0 Å². The van der Waals surface area contributed by atoms with Gasteiger partial charge in [0.25, 0.3) is 11.2 Å². The van der Waals surface area contributed by atoms with Crippen LogP contribution in [0.2, 0.25) is 0 Å². The van der Waals surface area contributed by atoms with Gasteiger partial charge in [-0.25, -0.2) is 22.0 Å². The third kappa shape index (κ3) is 4.96. The molecule has 0 radical (unpaired) electrons. The van der Waals surface area contributed by atoms with E-state index in [4.69, 9.17) is 0 Å². The third-order valence-electron chi connectivity index (χ3n) is 5.79. The van der Waals surface area contributed by atoms with Gasteiger partial charge in [-0.1, -0.05) is 18.2 Å². The Balaban J connectivity index is 2.14. The zero-order valence-corrected chi connectivity index (χ0v) is 20.3. The molecule has 0 saturated heterocycles. The summed E-state index contributed by atoms with van der Waals surface area (Å²) in [6.07, 6.45) is 1.72. The molecule has 0 atom stereocenters. The predicted octanol–water partition coefficient (Wildman–Crippen LogP) is 3.68. The van der Waals surface area contributed by atoms with E-state index in [1.54, 1.807) is 0 Å². The van der Waals surface area contributed by atoms with Crippen LogP contribution in [0.3, 0.4) is 0 Å². The summed E-state index contributed by atoms with van der Waals surface area (Å²) >= 11 is 0. The highest BCUT2D eigenvalue weighted by Gasteiger charge is 2.28. The van der Waals surface area contributed by atoms with Gasteiger partial charge in [-0.2, -0.15) is 0 Å². The first-order chi connectivity index (χ1) is 17.4. The highest BCUT2D eigenvalue weighted by atomic mass is 32.2. The van der Waals surface area contributed by atoms with Gasteiger partial charge in [0, 0.05) is 36.1 Å². The molecule has 0 unspecified atom stereocenters. The predicted molar refractivity (Wildman–Crippen MR) is 132 cm³/mol. The van der Waals surface area contributed by atoms with Gasteiger partial charge in [-0.05, 0) is 48.4 Å². The molecule has 1 aromatic heterocycles. The number of rotatable bonds is 6. The molecule has 3 aromatic carbocycles. The number of aryl methyl sites for hydroxylation is 1. The van der Waals surface area contributed by atoms with Crippen molar-refractivity contribution in [3.8, 4) is 16.8 Å². The van der Waals surface area contributed by atoms with Gasteiger partial charge in [-0.3, -0.25) is 24.5 Å². The van der Waals surface area contributed by atoms with Crippen molar-refractivity contribution < 1.29 is 22.1 Å². The highest BCUT2D eigenvalue weighted by molar-refractivity contribution is 7.90. The summed E-state index contributed by atoms with van der Waals surface area (Å²) in [5.41, 5.74) is -2.10. The molecule has 0 bridgehead atoms. The Morgan fingerprint density at radius 2 is 1.65 bits per heavy atom. The Morgan fingerprint density at radius 3 is 2.19 bits per heavy atom. The first kappa shape index (κ1) is 25.6. The lowest BCUT2D eigenvalue weighted by molar-refractivity contribution is -0.384. The molecular formula is C25H19F2N3O6S. The number of hydrogen-bond donors (Lipinski definition) is 1. The van der Waals surface area contributed by atoms with Crippen LogP contribution in [0.15, 0.2) is 75.3 Å². The average Bonchev–Trinajstić information content (AvgIpc) is 2.81. The van der Waals surface area contributed by atoms with Gasteiger partial charge >= 0.3 is 5.69 Å². The third-order valence-corrected chi connectivity index (χ3v) is 6.92. The largest absolute Gasteiger partial charge is 0.332 e. The van der Waals surface area contributed by atoms with E-state index in [1.165, 1.54) is 43.3 Å². The molecule has 9 nitrogen and oxygen atoms in total. The molecule has 0 aliphatic heterocycles. The number of nitro benzene ring substituents is 1. The fourth-order valence-corrected chi connectivity index (χ4v) is 4.77. The molecule has 1 N–H and O–H groups in total. The number of hydrogen-bond acceptors (Lipinski definition) is 6. The highest BCUT2D eigenvalue weighted by Crippen LogP contribution is 2.41. The number of nitrogens with zero attached hydrogens (tertiary/aromatic N) is 2. The molecule has 0 amide bonds. The molecule has 0 saturated carbocycles. The first-order valence-corrected chi connectivity index (χ1v) is 12.6. The molecule has 4 rings (SSSR count). The quantitative estimate of drug-likeness (QED) is 0.301. The molecular weight excluding hydrogens is 508 g/mol. The zero-order valence-electron chi connectivity index (χ0n) is 19.5. The number of aromatic amines is 1. The molecule has 0 aliphatic rings. The van der Waals surface area contributed by atoms with Crippen LogP contribution in [-0.4, -0.2) is 29.1 Å². The first-order valence-electron chi connectivity index (χ1n) is 10.7. The van der Waals surface area contributed by atoms with E-state index in [0.717, 1.165) is 35.2 Å². The molecule has 0 aliphatic carbocycles. The van der Waals surface area contributed by atoms with Gasteiger partial charge in [0.1, 0.15) is 11.6 Å². The molecule has 190 valence electrons. The topological polar surface area (TPSA) is 132 Å². The monoisotopic (exact) mass is 527 g/mol. The maximum Gasteiger partial charge on any atom is 0.332 e. The van der Waals surface area contributed by atoms with E-state index in [9.17, 15) is 36.9 Å². The standard InChI is InChI=1S/C25H19F2N3O6S/c1-14-12-16(13-18-19(26)4-3-5-20(18)27)24(29-11-10-21(31)28-25(29)32)22(23(14)30(33)34)15-6-8-17(9-7-15)37(2,35)36/h3-12H,13H2,1-2H3,(H,28,31,32). The van der Waals surface area contributed by atoms with E-state index in [0.29, 0.717) is 0 Å². The van der Waals surface area contributed by atoms with Crippen LogP contribution >= 0.6 is 0 Å². The number of nitro groups is 1. The second kappa shape index (κ2) is 9.54. The molecule has 4 aromatic rings. The van der Waals surface area contributed by atoms with Crippen molar-refractivity contribution in [1.29, 1.82) is 0 Å². The van der Waals surface area contributed by atoms with E-state index in [1.807, 2.05) is 0 Å². The van der Waals surface area contributed by atoms with E-state index >= 15 is 0 Å². The fraction of sp³-hybridized carbons (Fsp3) is 0.120. The normalized spacial score (nSPS) is 11.5. The van der Waals surface area contributed by atoms with Crippen LogP contribution in [0.5, 0.6) is 0 Å². The van der Waals surface area contributed by atoms with Crippen molar-refractivity contribution in [3.05, 3.63) is 120 Å². The summed E-state index contributed by atoms with van der Waals surface area (Å²) in [5.74, 6) is -1.70. The minimum absolute atomic E-state index is 0.0389. The number of aromatic nitrogens is 2. The van der Waals surface area contributed by atoms with E-state index in [-0.39, 0.29) is 44.8 Å². The average molecular weight is 528 g/mol. The molecule has 0 spiro atoms. The van der Waals surface area contributed by atoms with Crippen molar-refractivity contribution >= 4 is 15.5 Å². The Hall–Kier alpha value is -4.45. The minimum atomic E-state index is -3.58. The summed E-state index contributed by atoms with van der Waals surface area (Å²) in [7, 11) is -3.58. The fourth-order valence-electron chi connectivity index (χ4n) is 4.14. The Bertz CT molecular complexity index is 1760. The summed E-state index contributed by atoms with van der Waals surface area (Å²) in [6, 6.07) is 10.9. The van der Waals surface area contributed by atoms with Crippen molar-refractivity contribution in [2.75, 3.05) is 6.26 Å². The minimum Gasteiger partial charge on any atom is -0.274 e. The lowest BCUT2D eigenvalue weighted by atomic mass is 9.91. The van der Waals surface area contributed by atoms with Crippen LogP contribution < -0.4 is 11.2 Å². The van der Waals surface area contributed by atoms with Gasteiger partial charge < -0.3 is 0 Å². The number of halogens is 2. The second-order valence-electron chi connectivity index (χ2n) is 8.34. The van der Waals surface area contributed by atoms with Gasteiger partial charge in [0.05, 0.1) is 21.1 Å².